The molecule has 0 spiro atoms. The van der Waals surface area contributed by atoms with E-state index in [1.807, 2.05) is 6.92 Å². The van der Waals surface area contributed by atoms with Gasteiger partial charge in [-0.05, 0) is 43.3 Å². The Labute approximate surface area is 148 Å². The SMILES string of the molecule is CCn1nccc1C(=O)Nc1ccc(-c2ccc(F)cc2Cl)c(N)n1. The van der Waals surface area contributed by atoms with Gasteiger partial charge >= 0.3 is 0 Å². The normalized spacial score (nSPS) is 10.7. The number of nitrogens with zero attached hydrogens (tertiary/aromatic N) is 3. The molecule has 0 aliphatic carbocycles. The zero-order chi connectivity index (χ0) is 18.0. The first-order valence-corrected chi connectivity index (χ1v) is 7.92. The van der Waals surface area contributed by atoms with Crippen molar-refractivity contribution in [3.8, 4) is 11.1 Å². The summed E-state index contributed by atoms with van der Waals surface area (Å²) < 4.78 is 14.8. The van der Waals surface area contributed by atoms with Crippen LogP contribution in [0.5, 0.6) is 0 Å². The van der Waals surface area contributed by atoms with Crippen LogP contribution in [-0.2, 0) is 6.54 Å². The van der Waals surface area contributed by atoms with Gasteiger partial charge in [-0.3, -0.25) is 9.48 Å². The highest BCUT2D eigenvalue weighted by Crippen LogP contribution is 2.32. The van der Waals surface area contributed by atoms with Gasteiger partial charge in [-0.2, -0.15) is 5.10 Å². The first-order chi connectivity index (χ1) is 12.0. The molecule has 0 unspecified atom stereocenters. The van der Waals surface area contributed by atoms with Gasteiger partial charge in [-0.15, -0.1) is 0 Å². The van der Waals surface area contributed by atoms with E-state index in [2.05, 4.69) is 15.4 Å². The largest absolute Gasteiger partial charge is 0.383 e. The molecule has 2 heterocycles. The van der Waals surface area contributed by atoms with Crippen LogP contribution in [0.1, 0.15) is 17.4 Å². The maximum atomic E-state index is 13.2. The van der Waals surface area contributed by atoms with Crippen molar-refractivity contribution in [1.82, 2.24) is 14.8 Å². The van der Waals surface area contributed by atoms with Gasteiger partial charge in [0.25, 0.3) is 5.91 Å². The summed E-state index contributed by atoms with van der Waals surface area (Å²) in [4.78, 5) is 16.5. The predicted octanol–water partition coefficient (Wildman–Crippen LogP) is 3.59. The van der Waals surface area contributed by atoms with Crippen LogP contribution in [0.4, 0.5) is 16.0 Å². The van der Waals surface area contributed by atoms with Crippen LogP contribution in [0.3, 0.4) is 0 Å². The molecule has 128 valence electrons. The molecule has 3 aromatic rings. The van der Waals surface area contributed by atoms with Crippen molar-refractivity contribution in [2.24, 2.45) is 0 Å². The smallest absolute Gasteiger partial charge is 0.275 e. The Balaban J connectivity index is 1.86. The monoisotopic (exact) mass is 359 g/mol. The van der Waals surface area contributed by atoms with Gasteiger partial charge in [-0.1, -0.05) is 11.6 Å². The van der Waals surface area contributed by atoms with Crippen molar-refractivity contribution >= 4 is 29.1 Å². The first-order valence-electron chi connectivity index (χ1n) is 7.54. The van der Waals surface area contributed by atoms with Gasteiger partial charge in [0.2, 0.25) is 0 Å². The molecule has 2 aromatic heterocycles. The topological polar surface area (TPSA) is 85.8 Å². The maximum Gasteiger partial charge on any atom is 0.275 e. The van der Waals surface area contributed by atoms with Gasteiger partial charge in [-0.25, -0.2) is 9.37 Å². The second-order valence-electron chi connectivity index (χ2n) is 5.24. The molecule has 0 saturated carbocycles. The van der Waals surface area contributed by atoms with E-state index in [1.54, 1.807) is 29.1 Å². The molecule has 25 heavy (non-hydrogen) atoms. The summed E-state index contributed by atoms with van der Waals surface area (Å²) in [5, 5.41) is 6.96. The van der Waals surface area contributed by atoms with Crippen molar-refractivity contribution in [1.29, 1.82) is 0 Å². The molecule has 3 N–H and O–H groups in total. The van der Waals surface area contributed by atoms with Crippen molar-refractivity contribution in [2.45, 2.75) is 13.5 Å². The number of aromatic nitrogens is 3. The second-order valence-corrected chi connectivity index (χ2v) is 5.65. The number of benzene rings is 1. The third-order valence-electron chi connectivity index (χ3n) is 3.64. The molecule has 1 amide bonds. The molecule has 0 bridgehead atoms. The molecule has 0 atom stereocenters. The number of nitrogen functional groups attached to an aromatic ring is 1. The average molecular weight is 360 g/mol. The highest BCUT2D eigenvalue weighted by molar-refractivity contribution is 6.33. The number of aryl methyl sites for hydroxylation is 1. The van der Waals surface area contributed by atoms with E-state index in [0.29, 0.717) is 29.2 Å². The highest BCUT2D eigenvalue weighted by Gasteiger charge is 2.14. The molecule has 0 saturated heterocycles. The molecular formula is C17H15ClFN5O. The van der Waals surface area contributed by atoms with E-state index in [9.17, 15) is 9.18 Å². The van der Waals surface area contributed by atoms with E-state index < -0.39 is 5.82 Å². The molecule has 0 aliphatic rings. The van der Waals surface area contributed by atoms with Crippen LogP contribution in [0.25, 0.3) is 11.1 Å². The summed E-state index contributed by atoms with van der Waals surface area (Å²) >= 11 is 6.06. The second kappa shape index (κ2) is 6.90. The molecule has 8 heteroatoms. The van der Waals surface area contributed by atoms with Crippen LogP contribution >= 0.6 is 11.6 Å². The van der Waals surface area contributed by atoms with E-state index in [-0.39, 0.29) is 16.7 Å². The van der Waals surface area contributed by atoms with E-state index in [0.717, 1.165) is 0 Å². The van der Waals surface area contributed by atoms with Gasteiger partial charge in [0, 0.05) is 23.9 Å². The van der Waals surface area contributed by atoms with Crippen molar-refractivity contribution in [3.05, 3.63) is 59.1 Å². The van der Waals surface area contributed by atoms with E-state index in [1.165, 1.54) is 18.2 Å². The van der Waals surface area contributed by atoms with Gasteiger partial charge < -0.3 is 11.1 Å². The Kier molecular flexibility index (Phi) is 4.67. The molecule has 3 rings (SSSR count). The third-order valence-corrected chi connectivity index (χ3v) is 3.95. The first kappa shape index (κ1) is 16.9. The number of pyridine rings is 1. The lowest BCUT2D eigenvalue weighted by Gasteiger charge is -2.10. The molecule has 6 nitrogen and oxygen atoms in total. The Morgan fingerprint density at radius 1 is 1.28 bits per heavy atom. The number of hydrogen-bond acceptors (Lipinski definition) is 4. The van der Waals surface area contributed by atoms with Crippen LogP contribution in [-0.4, -0.2) is 20.7 Å². The lowest BCUT2D eigenvalue weighted by atomic mass is 10.1. The zero-order valence-electron chi connectivity index (χ0n) is 13.3. The van der Waals surface area contributed by atoms with Crippen molar-refractivity contribution in [2.75, 3.05) is 11.1 Å². The fraction of sp³-hybridized carbons (Fsp3) is 0.118. The summed E-state index contributed by atoms with van der Waals surface area (Å²) in [7, 11) is 0. The van der Waals surface area contributed by atoms with Gasteiger partial charge in [0.15, 0.2) is 0 Å². The number of halogens is 2. The van der Waals surface area contributed by atoms with Crippen molar-refractivity contribution < 1.29 is 9.18 Å². The minimum Gasteiger partial charge on any atom is -0.383 e. The molecule has 1 aromatic carbocycles. The number of amides is 1. The average Bonchev–Trinajstić information content (AvgIpc) is 3.05. The lowest BCUT2D eigenvalue weighted by molar-refractivity contribution is 0.101. The number of carbonyl (C=O) groups is 1. The predicted molar refractivity (Wildman–Crippen MR) is 94.9 cm³/mol. The van der Waals surface area contributed by atoms with E-state index in [4.69, 9.17) is 17.3 Å². The maximum absolute atomic E-state index is 13.2. The van der Waals surface area contributed by atoms with Crippen LogP contribution < -0.4 is 11.1 Å². The summed E-state index contributed by atoms with van der Waals surface area (Å²) in [6, 6.07) is 8.93. The third kappa shape index (κ3) is 3.46. The number of nitrogens with two attached hydrogens (primary N) is 1. The van der Waals surface area contributed by atoms with Crippen LogP contribution in [0.2, 0.25) is 5.02 Å². The number of carbonyl (C=O) groups excluding carboxylic acids is 1. The minimum absolute atomic E-state index is 0.176. The summed E-state index contributed by atoms with van der Waals surface area (Å²) in [5.41, 5.74) is 7.52. The molecule has 0 aliphatic heterocycles. The Morgan fingerprint density at radius 3 is 2.72 bits per heavy atom. The Hall–Kier alpha value is -2.93. The molecule has 0 radical (unpaired) electrons. The number of anilines is 2. The molecular weight excluding hydrogens is 345 g/mol. The van der Waals surface area contributed by atoms with Crippen molar-refractivity contribution in [3.63, 3.8) is 0 Å². The lowest BCUT2D eigenvalue weighted by Crippen LogP contribution is -2.18. The fourth-order valence-corrected chi connectivity index (χ4v) is 2.71. The van der Waals surface area contributed by atoms with Crippen LogP contribution in [0.15, 0.2) is 42.6 Å². The summed E-state index contributed by atoms with van der Waals surface area (Å²) in [5.74, 6) is -0.292. The van der Waals surface area contributed by atoms with Gasteiger partial charge in [0.05, 0.1) is 5.02 Å². The number of nitrogens with one attached hydrogen (secondary N) is 1. The standard InChI is InChI=1S/C17H15ClFN5O/c1-2-24-14(7-8-21-24)17(25)23-15-6-5-12(16(20)22-15)11-4-3-10(19)9-13(11)18/h3-9H,2H2,1H3,(H3,20,22,23,25). The number of rotatable bonds is 4. The Morgan fingerprint density at radius 2 is 2.04 bits per heavy atom. The summed E-state index contributed by atoms with van der Waals surface area (Å²) in [6.07, 6.45) is 1.56. The van der Waals surface area contributed by atoms with E-state index >= 15 is 0 Å². The quantitative estimate of drug-likeness (QED) is 0.745. The Bertz CT molecular complexity index is 941. The minimum atomic E-state index is -0.434. The molecule has 0 fully saturated rings. The summed E-state index contributed by atoms with van der Waals surface area (Å²) in [6.45, 7) is 2.47. The van der Waals surface area contributed by atoms with Gasteiger partial charge in [0.1, 0.15) is 23.1 Å². The fourth-order valence-electron chi connectivity index (χ4n) is 2.44. The van der Waals surface area contributed by atoms with Crippen LogP contribution in [0, 0.1) is 5.82 Å². The highest BCUT2D eigenvalue weighted by atomic mass is 35.5. The number of hydrogen-bond donors (Lipinski definition) is 2. The zero-order valence-corrected chi connectivity index (χ0v) is 14.1.